The van der Waals surface area contributed by atoms with Gasteiger partial charge in [0, 0.05) is 12.8 Å². The standard InChI is InChI=1S/C81H132O5/c1-3-5-7-9-11-13-15-17-19-21-23-25-27-29-31-33-35-37-39-40-42-43-45-47-49-51-53-55-57-59-61-63-65-67-69-71-73-75-80(83)85-78-79(77-82)86-81(84)76-74-72-70-68-66-64-62-60-58-56-54-52-50-48-46-44-41-38-36-34-32-30-28-26-24-22-20-18-16-14-12-10-8-6-4-2/h5-8,11-14,17-20,23-26,29-32,36,38,44,46,50,52,56,58,79,82H,3-4,9-10,15-16,21-22,27-28,33-35,37,39-43,45,47-49,51,53-55,57,59-78H2,1-2H3/b7-5-,8-6-,13-11-,14-12-,19-17-,20-18-,25-23-,26-24-,31-29-,32-30-,38-36-,46-44-,52-50-,58-56-. The van der Waals surface area contributed by atoms with Crippen LogP contribution in [0.25, 0.3) is 0 Å². The van der Waals surface area contributed by atoms with Gasteiger partial charge >= 0.3 is 11.9 Å². The van der Waals surface area contributed by atoms with Crippen molar-refractivity contribution in [2.75, 3.05) is 13.2 Å². The molecule has 0 saturated heterocycles. The number of rotatable bonds is 64. The summed E-state index contributed by atoms with van der Waals surface area (Å²) in [6.45, 7) is 3.92. The Morgan fingerprint density at radius 1 is 0.267 bits per heavy atom. The van der Waals surface area contributed by atoms with Crippen LogP contribution in [0.15, 0.2) is 170 Å². The van der Waals surface area contributed by atoms with Gasteiger partial charge in [0.2, 0.25) is 0 Å². The number of allylic oxidation sites excluding steroid dienone is 28. The van der Waals surface area contributed by atoms with Gasteiger partial charge in [-0.15, -0.1) is 0 Å². The van der Waals surface area contributed by atoms with Crippen molar-refractivity contribution in [2.45, 2.75) is 315 Å². The first kappa shape index (κ1) is 81.3. The van der Waals surface area contributed by atoms with Crippen LogP contribution < -0.4 is 0 Å². The van der Waals surface area contributed by atoms with Crippen molar-refractivity contribution in [3.8, 4) is 0 Å². The number of carbonyl (C=O) groups is 2. The number of hydrogen-bond donors (Lipinski definition) is 1. The highest BCUT2D eigenvalue weighted by Crippen LogP contribution is 2.17. The highest BCUT2D eigenvalue weighted by Gasteiger charge is 2.16. The molecule has 5 heteroatoms. The molecule has 0 spiro atoms. The van der Waals surface area contributed by atoms with Crippen LogP contribution in [0.5, 0.6) is 0 Å². The van der Waals surface area contributed by atoms with E-state index in [1.54, 1.807) is 0 Å². The van der Waals surface area contributed by atoms with Crippen LogP contribution in [0, 0.1) is 0 Å². The Morgan fingerprint density at radius 2 is 0.465 bits per heavy atom. The van der Waals surface area contributed by atoms with Gasteiger partial charge in [-0.3, -0.25) is 9.59 Å². The molecule has 0 rings (SSSR count). The molecule has 0 aliphatic heterocycles. The van der Waals surface area contributed by atoms with E-state index in [9.17, 15) is 14.7 Å². The van der Waals surface area contributed by atoms with E-state index in [0.717, 1.165) is 135 Å². The predicted molar refractivity (Wildman–Crippen MR) is 380 cm³/mol. The van der Waals surface area contributed by atoms with Crippen LogP contribution in [0.4, 0.5) is 0 Å². The molecule has 486 valence electrons. The van der Waals surface area contributed by atoms with Gasteiger partial charge in [0.1, 0.15) is 6.61 Å². The van der Waals surface area contributed by atoms with Gasteiger partial charge in [-0.2, -0.15) is 0 Å². The number of aliphatic hydroxyl groups is 1. The fraction of sp³-hybridized carbons (Fsp3) is 0.630. The average Bonchev–Trinajstić information content (AvgIpc) is 3.55. The van der Waals surface area contributed by atoms with Crippen molar-refractivity contribution in [2.24, 2.45) is 0 Å². The molecule has 0 heterocycles. The van der Waals surface area contributed by atoms with Gasteiger partial charge in [0.05, 0.1) is 6.61 Å². The lowest BCUT2D eigenvalue weighted by Crippen LogP contribution is -2.28. The Labute approximate surface area is 532 Å². The molecule has 0 aliphatic carbocycles. The van der Waals surface area contributed by atoms with Gasteiger partial charge in [0.15, 0.2) is 6.10 Å². The van der Waals surface area contributed by atoms with Crippen molar-refractivity contribution in [3.05, 3.63) is 170 Å². The quantitative estimate of drug-likeness (QED) is 0.0373. The topological polar surface area (TPSA) is 72.8 Å². The summed E-state index contributed by atoms with van der Waals surface area (Å²) in [4.78, 5) is 24.7. The number of carbonyl (C=O) groups excluding carboxylic acids is 2. The van der Waals surface area contributed by atoms with Crippen LogP contribution in [0.3, 0.4) is 0 Å². The van der Waals surface area contributed by atoms with Crippen molar-refractivity contribution in [3.63, 3.8) is 0 Å². The third-order valence-corrected chi connectivity index (χ3v) is 15.0. The lowest BCUT2D eigenvalue weighted by molar-refractivity contribution is -0.161. The SMILES string of the molecule is CC/C=C\C/C=C\C/C=C\C/C=C\C/C=C\C/C=C\C/C=C\C/C=C\C/C=C\CCCCCCCCCC(=O)OC(CO)COC(=O)CCCCCCCCCCCCCCCCCCCCCCC/C=C\C/C=C\C/C=C\C/C=C\C/C=C\CC. The molecule has 0 fully saturated rings. The van der Waals surface area contributed by atoms with Crippen molar-refractivity contribution < 1.29 is 24.2 Å². The van der Waals surface area contributed by atoms with Gasteiger partial charge < -0.3 is 14.6 Å². The summed E-state index contributed by atoms with van der Waals surface area (Å²) in [5.41, 5.74) is 0. The molecule has 0 aromatic carbocycles. The minimum atomic E-state index is -0.790. The maximum Gasteiger partial charge on any atom is 0.306 e. The zero-order valence-electron chi connectivity index (χ0n) is 55.8. The highest BCUT2D eigenvalue weighted by atomic mass is 16.6. The lowest BCUT2D eigenvalue weighted by Gasteiger charge is -2.15. The second kappa shape index (κ2) is 74.5. The Kier molecular flexibility index (Phi) is 70.4. The van der Waals surface area contributed by atoms with Gasteiger partial charge in [-0.25, -0.2) is 0 Å². The van der Waals surface area contributed by atoms with E-state index in [1.165, 1.54) is 148 Å². The Balaban J connectivity index is 3.53. The van der Waals surface area contributed by atoms with Crippen molar-refractivity contribution in [1.29, 1.82) is 0 Å². The fourth-order valence-electron chi connectivity index (χ4n) is 9.75. The molecule has 0 aromatic rings. The van der Waals surface area contributed by atoms with E-state index in [-0.39, 0.29) is 25.2 Å². The van der Waals surface area contributed by atoms with Crippen LogP contribution >= 0.6 is 0 Å². The average molecular weight is 1190 g/mol. The van der Waals surface area contributed by atoms with Gasteiger partial charge in [-0.05, 0) is 128 Å². The smallest absolute Gasteiger partial charge is 0.306 e. The largest absolute Gasteiger partial charge is 0.462 e. The summed E-state index contributed by atoms with van der Waals surface area (Å²) < 4.78 is 10.8. The Morgan fingerprint density at radius 3 is 0.698 bits per heavy atom. The minimum absolute atomic E-state index is 0.0770. The summed E-state index contributed by atoms with van der Waals surface area (Å²) in [7, 11) is 0. The molecule has 1 N–H and O–H groups in total. The molecule has 0 radical (unpaired) electrons. The molecule has 0 saturated carbocycles. The second-order valence-electron chi connectivity index (χ2n) is 23.2. The van der Waals surface area contributed by atoms with E-state index < -0.39 is 6.10 Å². The maximum absolute atomic E-state index is 12.4. The molecular formula is C81H132O5. The lowest BCUT2D eigenvalue weighted by atomic mass is 10.0. The monoisotopic (exact) mass is 1190 g/mol. The highest BCUT2D eigenvalue weighted by molar-refractivity contribution is 5.70. The fourth-order valence-corrected chi connectivity index (χ4v) is 9.75. The van der Waals surface area contributed by atoms with E-state index in [0.29, 0.717) is 12.8 Å². The van der Waals surface area contributed by atoms with Gasteiger partial charge in [0.25, 0.3) is 0 Å². The number of aliphatic hydroxyl groups excluding tert-OH is 1. The number of ether oxygens (including phenoxy) is 2. The summed E-state index contributed by atoms with van der Waals surface area (Å²) in [5.74, 6) is -0.603. The zero-order valence-corrected chi connectivity index (χ0v) is 55.8. The van der Waals surface area contributed by atoms with E-state index in [4.69, 9.17) is 9.47 Å². The van der Waals surface area contributed by atoms with Crippen LogP contribution in [-0.4, -0.2) is 36.4 Å². The first-order valence-corrected chi connectivity index (χ1v) is 35.7. The normalized spacial score (nSPS) is 13.3. The number of hydrogen-bond acceptors (Lipinski definition) is 5. The van der Waals surface area contributed by atoms with E-state index in [2.05, 4.69) is 184 Å². The number of unbranched alkanes of at least 4 members (excludes halogenated alkanes) is 28. The third kappa shape index (κ3) is 71.7. The molecule has 0 amide bonds. The van der Waals surface area contributed by atoms with Gasteiger partial charge in [-0.1, -0.05) is 338 Å². The molecule has 86 heavy (non-hydrogen) atoms. The zero-order chi connectivity index (χ0) is 61.9. The summed E-state index contributed by atoms with van der Waals surface area (Å²) in [5, 5.41) is 9.71. The molecule has 1 atom stereocenters. The van der Waals surface area contributed by atoms with Crippen LogP contribution in [0.1, 0.15) is 309 Å². The first-order chi connectivity index (χ1) is 42.6. The third-order valence-electron chi connectivity index (χ3n) is 15.0. The van der Waals surface area contributed by atoms with Crippen molar-refractivity contribution in [1.82, 2.24) is 0 Å². The van der Waals surface area contributed by atoms with E-state index >= 15 is 0 Å². The molecule has 1 unspecified atom stereocenters. The van der Waals surface area contributed by atoms with Crippen molar-refractivity contribution >= 4 is 11.9 Å². The Bertz CT molecular complexity index is 1870. The first-order valence-electron chi connectivity index (χ1n) is 35.7. The van der Waals surface area contributed by atoms with E-state index in [1.807, 2.05) is 0 Å². The summed E-state index contributed by atoms with van der Waals surface area (Å²) in [6, 6.07) is 0. The molecule has 0 bridgehead atoms. The minimum Gasteiger partial charge on any atom is -0.462 e. The summed E-state index contributed by atoms with van der Waals surface area (Å²) in [6.07, 6.45) is 115. The second-order valence-corrected chi connectivity index (χ2v) is 23.2. The predicted octanol–water partition coefficient (Wildman–Crippen LogP) is 25.2. The molecular weight excluding hydrogens is 1050 g/mol. The summed E-state index contributed by atoms with van der Waals surface area (Å²) >= 11 is 0. The molecule has 0 aromatic heterocycles. The maximum atomic E-state index is 12.4. The molecule has 5 nitrogen and oxygen atoms in total. The Hall–Kier alpha value is -4.74. The number of esters is 2. The molecule has 0 aliphatic rings. The van der Waals surface area contributed by atoms with Crippen LogP contribution in [0.2, 0.25) is 0 Å². The van der Waals surface area contributed by atoms with Crippen LogP contribution in [-0.2, 0) is 19.1 Å².